The maximum Gasteiger partial charge on any atom is 0.224 e. The van der Waals surface area contributed by atoms with Crippen molar-refractivity contribution in [3.63, 3.8) is 0 Å². The molecule has 2 heterocycles. The normalized spacial score (nSPS) is 17.0. The molecule has 2 aromatic rings. The third-order valence-electron chi connectivity index (χ3n) is 4.29. The van der Waals surface area contributed by atoms with Crippen molar-refractivity contribution in [1.82, 2.24) is 9.88 Å². The van der Waals surface area contributed by atoms with Crippen molar-refractivity contribution in [2.45, 2.75) is 31.7 Å². The van der Waals surface area contributed by atoms with Gasteiger partial charge in [-0.2, -0.15) is 5.26 Å². The zero-order chi connectivity index (χ0) is 17.1. The van der Waals surface area contributed by atoms with Crippen molar-refractivity contribution < 1.29 is 14.0 Å². The van der Waals surface area contributed by atoms with Gasteiger partial charge >= 0.3 is 0 Å². The largest absolute Gasteiger partial charge is 0.327 e. The Balaban J connectivity index is 1.73. The Bertz CT molecular complexity index is 844. The Labute approximate surface area is 138 Å². The predicted octanol–water partition coefficient (Wildman–Crippen LogP) is 2.85. The fourth-order valence-corrected chi connectivity index (χ4v) is 3.06. The Morgan fingerprint density at radius 2 is 2.17 bits per heavy atom. The molecule has 0 saturated carbocycles. The minimum absolute atomic E-state index is 0.0309. The van der Waals surface area contributed by atoms with Crippen molar-refractivity contribution in [3.05, 3.63) is 41.8 Å². The van der Waals surface area contributed by atoms with E-state index in [9.17, 15) is 14.0 Å². The van der Waals surface area contributed by atoms with Gasteiger partial charge in [-0.25, -0.2) is 4.39 Å². The summed E-state index contributed by atoms with van der Waals surface area (Å²) in [5, 5.41) is 9.48. The van der Waals surface area contributed by atoms with Crippen LogP contribution in [0.2, 0.25) is 0 Å². The summed E-state index contributed by atoms with van der Waals surface area (Å²) >= 11 is 0. The highest BCUT2D eigenvalue weighted by Gasteiger charge is 2.28. The molecule has 1 atom stereocenters. The van der Waals surface area contributed by atoms with Gasteiger partial charge in [0.15, 0.2) is 5.78 Å². The van der Waals surface area contributed by atoms with E-state index >= 15 is 0 Å². The number of pyridine rings is 1. The van der Waals surface area contributed by atoms with Gasteiger partial charge in [-0.15, -0.1) is 0 Å². The van der Waals surface area contributed by atoms with Crippen LogP contribution in [0.4, 0.5) is 4.39 Å². The van der Waals surface area contributed by atoms with Crippen LogP contribution >= 0.6 is 0 Å². The van der Waals surface area contributed by atoms with Gasteiger partial charge in [0.05, 0.1) is 11.6 Å². The van der Waals surface area contributed by atoms with Gasteiger partial charge in [-0.1, -0.05) is 0 Å². The number of benzene rings is 1. The number of rotatable bonds is 4. The highest BCUT2D eigenvalue weighted by Crippen LogP contribution is 2.21. The fourth-order valence-electron chi connectivity index (χ4n) is 3.06. The number of Topliss-reactive ketones (excluding diaryl/α,β-unsaturated/α-hetero) is 1. The molecule has 1 aromatic carbocycles. The van der Waals surface area contributed by atoms with Crippen LogP contribution in [-0.2, 0) is 4.79 Å². The lowest BCUT2D eigenvalue weighted by Crippen LogP contribution is -2.34. The van der Waals surface area contributed by atoms with Crippen LogP contribution in [0.25, 0.3) is 10.9 Å². The number of carbonyl (C=O) groups excluding carboxylic acids is 2. The lowest BCUT2D eigenvalue weighted by Gasteiger charge is -2.19. The van der Waals surface area contributed by atoms with Crippen molar-refractivity contribution in [3.8, 4) is 6.07 Å². The summed E-state index contributed by atoms with van der Waals surface area (Å²) in [5.41, 5.74) is 0.906. The zero-order valence-corrected chi connectivity index (χ0v) is 13.0. The molecule has 0 radical (unpaired) electrons. The topological polar surface area (TPSA) is 74.1 Å². The van der Waals surface area contributed by atoms with Crippen molar-refractivity contribution in [2.24, 2.45) is 0 Å². The molecule has 0 bridgehead atoms. The van der Waals surface area contributed by atoms with E-state index in [4.69, 9.17) is 5.26 Å². The number of likely N-dealkylation sites (tertiary alicyclic amines) is 1. The number of amides is 1. The molecule has 1 aliphatic rings. The lowest BCUT2D eigenvalue weighted by molar-refractivity contribution is -0.131. The Morgan fingerprint density at radius 1 is 1.33 bits per heavy atom. The third-order valence-corrected chi connectivity index (χ3v) is 4.29. The molecular formula is C18H16FN3O2. The number of aromatic nitrogens is 1. The summed E-state index contributed by atoms with van der Waals surface area (Å²) in [6, 6.07) is 7.37. The molecule has 122 valence electrons. The number of halogens is 1. The average molecular weight is 325 g/mol. The smallest absolute Gasteiger partial charge is 0.224 e. The lowest BCUT2D eigenvalue weighted by atomic mass is 10.0. The molecule has 6 heteroatoms. The van der Waals surface area contributed by atoms with E-state index in [2.05, 4.69) is 11.1 Å². The van der Waals surface area contributed by atoms with Crippen LogP contribution in [0.1, 0.15) is 36.0 Å². The average Bonchev–Trinajstić information content (AvgIpc) is 3.07. The Hall–Kier alpha value is -2.81. The summed E-state index contributed by atoms with van der Waals surface area (Å²) in [5.74, 6) is -0.847. The summed E-state index contributed by atoms with van der Waals surface area (Å²) < 4.78 is 13.5. The molecule has 24 heavy (non-hydrogen) atoms. The molecule has 1 fully saturated rings. The first-order valence-electron chi connectivity index (χ1n) is 7.86. The summed E-state index contributed by atoms with van der Waals surface area (Å²) in [4.78, 5) is 30.3. The molecule has 0 unspecified atom stereocenters. The molecule has 3 rings (SSSR count). The van der Waals surface area contributed by atoms with Gasteiger partial charge in [-0.3, -0.25) is 14.6 Å². The Morgan fingerprint density at radius 3 is 2.96 bits per heavy atom. The first kappa shape index (κ1) is 16.1. The van der Waals surface area contributed by atoms with E-state index in [0.29, 0.717) is 29.4 Å². The van der Waals surface area contributed by atoms with Gasteiger partial charge in [0.2, 0.25) is 5.91 Å². The van der Waals surface area contributed by atoms with Crippen molar-refractivity contribution in [2.75, 3.05) is 6.54 Å². The molecule has 0 aliphatic carbocycles. The first-order valence-corrected chi connectivity index (χ1v) is 7.86. The molecule has 1 saturated heterocycles. The van der Waals surface area contributed by atoms with Crippen LogP contribution in [0.5, 0.6) is 0 Å². The minimum Gasteiger partial charge on any atom is -0.327 e. The predicted molar refractivity (Wildman–Crippen MR) is 85.6 cm³/mol. The summed E-state index contributed by atoms with van der Waals surface area (Å²) in [6.07, 6.45) is 3.08. The second-order valence-electron chi connectivity index (χ2n) is 5.82. The maximum absolute atomic E-state index is 13.5. The van der Waals surface area contributed by atoms with E-state index in [1.54, 1.807) is 6.07 Å². The minimum atomic E-state index is -0.436. The van der Waals surface area contributed by atoms with E-state index in [-0.39, 0.29) is 30.6 Å². The van der Waals surface area contributed by atoms with Gasteiger partial charge < -0.3 is 4.90 Å². The maximum atomic E-state index is 13.5. The van der Waals surface area contributed by atoms with Gasteiger partial charge in [0.1, 0.15) is 11.9 Å². The molecule has 0 spiro atoms. The van der Waals surface area contributed by atoms with Gasteiger partial charge in [0.25, 0.3) is 0 Å². The summed E-state index contributed by atoms with van der Waals surface area (Å²) in [6.45, 7) is 0.564. The second-order valence-corrected chi connectivity index (χ2v) is 5.82. The van der Waals surface area contributed by atoms with E-state index in [1.165, 1.54) is 29.3 Å². The van der Waals surface area contributed by atoms with E-state index in [0.717, 1.165) is 6.42 Å². The number of hydrogen-bond donors (Lipinski definition) is 0. The molecular weight excluding hydrogens is 309 g/mol. The fraction of sp³-hybridized carbons (Fsp3) is 0.333. The highest BCUT2D eigenvalue weighted by molar-refractivity contribution is 6.07. The van der Waals surface area contributed by atoms with Crippen LogP contribution in [-0.4, -0.2) is 34.2 Å². The van der Waals surface area contributed by atoms with Crippen LogP contribution in [0, 0.1) is 17.1 Å². The quantitative estimate of drug-likeness (QED) is 0.810. The second kappa shape index (κ2) is 6.75. The van der Waals surface area contributed by atoms with Crippen LogP contribution < -0.4 is 0 Å². The van der Waals surface area contributed by atoms with Crippen LogP contribution in [0.3, 0.4) is 0 Å². The molecule has 1 aliphatic heterocycles. The highest BCUT2D eigenvalue weighted by atomic mass is 19.1. The van der Waals surface area contributed by atoms with Crippen molar-refractivity contribution in [1.29, 1.82) is 5.26 Å². The molecule has 0 N–H and O–H groups in total. The number of carbonyl (C=O) groups is 2. The zero-order valence-electron chi connectivity index (χ0n) is 13.0. The molecule has 1 aromatic heterocycles. The van der Waals surface area contributed by atoms with E-state index in [1.807, 2.05) is 0 Å². The summed E-state index contributed by atoms with van der Waals surface area (Å²) in [7, 11) is 0. The SMILES string of the molecule is N#C[C@@H]1CCCN1C(=O)CCC(=O)c1ccnc2ccc(F)cc12. The van der Waals surface area contributed by atoms with Gasteiger partial charge in [-0.05, 0) is 37.1 Å². The van der Waals surface area contributed by atoms with Crippen molar-refractivity contribution >= 4 is 22.6 Å². The number of fused-ring (bicyclic) bond motifs is 1. The standard InChI is InChI=1S/C18H16FN3O2/c19-12-3-4-16-15(10-12)14(7-8-21-16)17(23)5-6-18(24)22-9-1-2-13(22)11-20/h3-4,7-8,10,13H,1-2,5-6,9H2/t13-/m0/s1. The first-order chi connectivity index (χ1) is 11.6. The number of nitrogens with zero attached hydrogens (tertiary/aromatic N) is 3. The van der Waals surface area contributed by atoms with E-state index < -0.39 is 5.82 Å². The number of nitriles is 1. The van der Waals surface area contributed by atoms with Gasteiger partial charge in [0, 0.05) is 36.5 Å². The van der Waals surface area contributed by atoms with Crippen LogP contribution in [0.15, 0.2) is 30.5 Å². The Kier molecular flexibility index (Phi) is 4.52. The number of hydrogen-bond acceptors (Lipinski definition) is 4. The number of ketones is 1. The molecule has 1 amide bonds. The monoisotopic (exact) mass is 325 g/mol. The third kappa shape index (κ3) is 3.11. The molecule has 5 nitrogen and oxygen atoms in total.